The molecular formula is C20H22N4O2. The summed E-state index contributed by atoms with van der Waals surface area (Å²) in [5.41, 5.74) is 6.51. The van der Waals surface area contributed by atoms with Gasteiger partial charge in [0.05, 0.1) is 12.3 Å². The molecule has 1 aromatic carbocycles. The molecule has 0 saturated heterocycles. The molecule has 26 heavy (non-hydrogen) atoms. The molecular weight excluding hydrogens is 328 g/mol. The van der Waals surface area contributed by atoms with E-state index in [1.54, 1.807) is 13.0 Å². The van der Waals surface area contributed by atoms with E-state index in [1.807, 2.05) is 17.5 Å². The summed E-state index contributed by atoms with van der Waals surface area (Å²) in [6, 6.07) is 10.2. The molecule has 0 aliphatic carbocycles. The van der Waals surface area contributed by atoms with Crippen LogP contribution >= 0.6 is 0 Å². The predicted octanol–water partition coefficient (Wildman–Crippen LogP) is 3.13. The van der Waals surface area contributed by atoms with Gasteiger partial charge < -0.3 is 9.64 Å². The maximum absolute atomic E-state index is 12.1. The summed E-state index contributed by atoms with van der Waals surface area (Å²) in [6.45, 7) is 5.21. The van der Waals surface area contributed by atoms with Crippen molar-refractivity contribution in [3.63, 3.8) is 0 Å². The highest BCUT2D eigenvalue weighted by Gasteiger charge is 2.18. The Morgan fingerprint density at radius 3 is 2.85 bits per heavy atom. The molecule has 1 aliphatic heterocycles. The SMILES string of the molecule is CCOC(=O)c1cc(CC)n2nc(-c3ccc4c(c3)CCN4C)cc2n1. The summed E-state index contributed by atoms with van der Waals surface area (Å²) < 4.78 is 6.91. The van der Waals surface area contributed by atoms with Crippen LogP contribution < -0.4 is 4.90 Å². The molecule has 6 heteroatoms. The van der Waals surface area contributed by atoms with Crippen molar-refractivity contribution in [2.75, 3.05) is 25.1 Å². The molecule has 0 amide bonds. The van der Waals surface area contributed by atoms with E-state index in [0.717, 1.165) is 36.3 Å². The Balaban J connectivity index is 1.79. The third kappa shape index (κ3) is 2.71. The molecule has 1 aliphatic rings. The summed E-state index contributed by atoms with van der Waals surface area (Å²) in [6.07, 6.45) is 1.81. The predicted molar refractivity (Wildman–Crippen MR) is 101 cm³/mol. The summed E-state index contributed by atoms with van der Waals surface area (Å²) in [5.74, 6) is -0.395. The number of hydrogen-bond donors (Lipinski definition) is 0. The van der Waals surface area contributed by atoms with Crippen LogP contribution in [0.3, 0.4) is 0 Å². The van der Waals surface area contributed by atoms with Crippen LogP contribution in [0.2, 0.25) is 0 Å². The van der Waals surface area contributed by atoms with Crippen molar-refractivity contribution in [1.82, 2.24) is 14.6 Å². The van der Waals surface area contributed by atoms with Gasteiger partial charge in [0.1, 0.15) is 0 Å². The third-order valence-electron chi connectivity index (χ3n) is 4.85. The highest BCUT2D eigenvalue weighted by atomic mass is 16.5. The maximum atomic E-state index is 12.1. The normalized spacial score (nSPS) is 13.3. The third-order valence-corrected chi connectivity index (χ3v) is 4.85. The van der Waals surface area contributed by atoms with E-state index in [9.17, 15) is 4.79 Å². The number of anilines is 1. The Labute approximate surface area is 152 Å². The molecule has 3 heterocycles. The average Bonchev–Trinajstić information content (AvgIpc) is 3.24. The monoisotopic (exact) mass is 350 g/mol. The van der Waals surface area contributed by atoms with Crippen LogP contribution in [0.5, 0.6) is 0 Å². The Hall–Kier alpha value is -2.89. The second-order valence-electron chi connectivity index (χ2n) is 6.52. The van der Waals surface area contributed by atoms with E-state index in [-0.39, 0.29) is 0 Å². The maximum Gasteiger partial charge on any atom is 0.357 e. The molecule has 3 aromatic rings. The first-order valence-corrected chi connectivity index (χ1v) is 9.02. The van der Waals surface area contributed by atoms with Gasteiger partial charge in [-0.15, -0.1) is 0 Å². The van der Waals surface area contributed by atoms with E-state index in [4.69, 9.17) is 9.84 Å². The number of aryl methyl sites for hydroxylation is 1. The number of nitrogens with zero attached hydrogens (tertiary/aromatic N) is 4. The summed E-state index contributed by atoms with van der Waals surface area (Å²) in [5, 5.41) is 4.73. The van der Waals surface area contributed by atoms with Crippen LogP contribution in [0.25, 0.3) is 16.9 Å². The number of fused-ring (bicyclic) bond motifs is 2. The smallest absolute Gasteiger partial charge is 0.357 e. The highest BCUT2D eigenvalue weighted by molar-refractivity contribution is 5.88. The van der Waals surface area contributed by atoms with Crippen LogP contribution in [-0.4, -0.2) is 40.8 Å². The molecule has 0 unspecified atom stereocenters. The first kappa shape index (κ1) is 16.6. The molecule has 134 valence electrons. The molecule has 0 bridgehead atoms. The molecule has 2 aromatic heterocycles. The van der Waals surface area contributed by atoms with Crippen molar-refractivity contribution in [2.24, 2.45) is 0 Å². The van der Waals surface area contributed by atoms with E-state index in [1.165, 1.54) is 11.3 Å². The first-order valence-electron chi connectivity index (χ1n) is 9.02. The van der Waals surface area contributed by atoms with Gasteiger partial charge in [-0.1, -0.05) is 13.0 Å². The van der Waals surface area contributed by atoms with Crippen molar-refractivity contribution >= 4 is 17.3 Å². The van der Waals surface area contributed by atoms with Gasteiger partial charge in [0, 0.05) is 36.6 Å². The molecule has 0 saturated carbocycles. The quantitative estimate of drug-likeness (QED) is 0.677. The number of ether oxygens (including phenoxy) is 1. The zero-order valence-corrected chi connectivity index (χ0v) is 15.3. The molecule has 0 N–H and O–H groups in total. The molecule has 4 rings (SSSR count). The van der Waals surface area contributed by atoms with Gasteiger partial charge in [-0.05, 0) is 43.5 Å². The van der Waals surface area contributed by atoms with Gasteiger partial charge in [0.25, 0.3) is 0 Å². The number of likely N-dealkylation sites (N-methyl/N-ethyl adjacent to an activating group) is 1. The lowest BCUT2D eigenvalue weighted by molar-refractivity contribution is 0.0519. The lowest BCUT2D eigenvalue weighted by Gasteiger charge is -2.11. The minimum atomic E-state index is -0.395. The van der Waals surface area contributed by atoms with Crippen LogP contribution in [0.15, 0.2) is 30.3 Å². The topological polar surface area (TPSA) is 59.7 Å². The van der Waals surface area contributed by atoms with Gasteiger partial charge in [-0.25, -0.2) is 14.3 Å². The molecule has 0 atom stereocenters. The van der Waals surface area contributed by atoms with Crippen molar-refractivity contribution in [3.8, 4) is 11.3 Å². The highest BCUT2D eigenvalue weighted by Crippen LogP contribution is 2.31. The van der Waals surface area contributed by atoms with E-state index in [2.05, 4.69) is 35.1 Å². The standard InChI is InChI=1S/C20H22N4O2/c1-4-15-11-17(20(25)26-5-2)21-19-12-16(22-24(15)19)13-6-7-18-14(10-13)8-9-23(18)3/h6-7,10-12H,4-5,8-9H2,1-3H3. The van der Waals surface area contributed by atoms with Crippen LogP contribution in [0, 0.1) is 0 Å². The molecule has 0 radical (unpaired) electrons. The minimum Gasteiger partial charge on any atom is -0.461 e. The van der Waals surface area contributed by atoms with E-state index >= 15 is 0 Å². The second kappa shape index (κ2) is 6.44. The Morgan fingerprint density at radius 2 is 2.08 bits per heavy atom. The fraction of sp³-hybridized carbons (Fsp3) is 0.350. The van der Waals surface area contributed by atoms with Gasteiger partial charge in [-0.2, -0.15) is 5.10 Å². The summed E-state index contributed by atoms with van der Waals surface area (Å²) >= 11 is 0. The number of benzene rings is 1. The number of esters is 1. The van der Waals surface area contributed by atoms with Crippen molar-refractivity contribution in [2.45, 2.75) is 26.7 Å². The van der Waals surface area contributed by atoms with Gasteiger partial charge in [0.15, 0.2) is 11.3 Å². The average molecular weight is 350 g/mol. The zero-order chi connectivity index (χ0) is 18.3. The van der Waals surface area contributed by atoms with Crippen LogP contribution in [0.1, 0.15) is 35.6 Å². The second-order valence-corrected chi connectivity index (χ2v) is 6.52. The number of hydrogen-bond acceptors (Lipinski definition) is 5. The number of aromatic nitrogens is 3. The lowest BCUT2D eigenvalue weighted by atomic mass is 10.1. The number of rotatable bonds is 4. The lowest BCUT2D eigenvalue weighted by Crippen LogP contribution is -2.12. The van der Waals surface area contributed by atoms with E-state index in [0.29, 0.717) is 17.9 Å². The van der Waals surface area contributed by atoms with Crippen molar-refractivity contribution in [1.29, 1.82) is 0 Å². The van der Waals surface area contributed by atoms with Crippen LogP contribution in [-0.2, 0) is 17.6 Å². The number of carbonyl (C=O) groups is 1. The van der Waals surface area contributed by atoms with Crippen molar-refractivity contribution < 1.29 is 9.53 Å². The van der Waals surface area contributed by atoms with Gasteiger partial charge in [-0.3, -0.25) is 0 Å². The zero-order valence-electron chi connectivity index (χ0n) is 15.3. The Morgan fingerprint density at radius 1 is 1.23 bits per heavy atom. The fourth-order valence-electron chi connectivity index (χ4n) is 3.47. The first-order chi connectivity index (χ1) is 12.6. The molecule has 0 fully saturated rings. The van der Waals surface area contributed by atoms with Crippen molar-refractivity contribution in [3.05, 3.63) is 47.3 Å². The van der Waals surface area contributed by atoms with Crippen LogP contribution in [0.4, 0.5) is 5.69 Å². The Kier molecular flexibility index (Phi) is 4.11. The Bertz CT molecular complexity index is 993. The molecule has 6 nitrogen and oxygen atoms in total. The van der Waals surface area contributed by atoms with Gasteiger partial charge >= 0.3 is 5.97 Å². The minimum absolute atomic E-state index is 0.332. The molecule has 0 spiro atoms. The largest absolute Gasteiger partial charge is 0.461 e. The summed E-state index contributed by atoms with van der Waals surface area (Å²) in [4.78, 5) is 18.8. The van der Waals surface area contributed by atoms with Gasteiger partial charge in [0.2, 0.25) is 0 Å². The summed E-state index contributed by atoms with van der Waals surface area (Å²) in [7, 11) is 2.12. The number of carbonyl (C=O) groups excluding carboxylic acids is 1. The fourth-order valence-corrected chi connectivity index (χ4v) is 3.47. The van der Waals surface area contributed by atoms with E-state index < -0.39 is 5.97 Å².